The van der Waals surface area contributed by atoms with Crippen molar-refractivity contribution in [3.8, 4) is 16.8 Å². The molecule has 2 aromatic carbocycles. The van der Waals surface area contributed by atoms with Crippen molar-refractivity contribution >= 4 is 40.3 Å². The van der Waals surface area contributed by atoms with Crippen molar-refractivity contribution in [2.24, 2.45) is 0 Å². The molecule has 44 heavy (non-hydrogen) atoms. The molecule has 10 heteroatoms. The minimum absolute atomic E-state index is 0.00560. The molecule has 1 amide bonds. The first kappa shape index (κ1) is 25.0. The topological polar surface area (TPSA) is 71.3 Å². The molecule has 1 fully saturated rings. The van der Waals surface area contributed by atoms with Crippen molar-refractivity contribution in [2.75, 3.05) is 18.0 Å². The van der Waals surface area contributed by atoms with Gasteiger partial charge in [-0.15, -0.1) is 0 Å². The molecule has 3 heterocycles. The lowest BCUT2D eigenvalue weighted by molar-refractivity contribution is -0.129. The van der Waals surface area contributed by atoms with E-state index in [1.165, 1.54) is 47.5 Å². The number of hydrogen-bond acceptors (Lipinski definition) is 5. The van der Waals surface area contributed by atoms with Crippen LogP contribution >= 0.6 is 11.6 Å². The number of rotatable bonds is 6. The second-order valence-corrected chi connectivity index (χ2v) is 11.6. The van der Waals surface area contributed by atoms with E-state index in [1.54, 1.807) is 27.7 Å². The molecule has 7 nitrogen and oxygen atoms in total. The third-order valence-corrected chi connectivity index (χ3v) is 8.15. The Balaban J connectivity index is 1.91. The van der Waals surface area contributed by atoms with Gasteiger partial charge in [-0.1, -0.05) is 56.8 Å². The van der Waals surface area contributed by atoms with Crippen LogP contribution in [0.5, 0.6) is 0 Å². The third kappa shape index (κ3) is 5.30. The van der Waals surface area contributed by atoms with E-state index < -0.39 is 48.7 Å². The van der Waals surface area contributed by atoms with Crippen LogP contribution in [0.4, 0.5) is 14.6 Å². The fourth-order valence-corrected chi connectivity index (χ4v) is 6.24. The van der Waals surface area contributed by atoms with Gasteiger partial charge in [0.1, 0.15) is 11.6 Å². The number of carbonyl (C=O) groups excluding carboxylic acids is 1. The normalized spacial score (nSPS) is 18.8. The number of halogens is 3. The number of piperazine rings is 1. The monoisotopic (exact) mass is 622 g/mol. The van der Waals surface area contributed by atoms with Gasteiger partial charge in [0.15, 0.2) is 5.83 Å². The van der Waals surface area contributed by atoms with E-state index in [0.29, 0.717) is 11.1 Å². The molecule has 2 aromatic heterocycles. The molecule has 228 valence electrons. The van der Waals surface area contributed by atoms with E-state index in [-0.39, 0.29) is 63.3 Å². The lowest BCUT2D eigenvalue weighted by Crippen LogP contribution is -2.59. The highest BCUT2D eigenvalue weighted by atomic mass is 35.5. The van der Waals surface area contributed by atoms with E-state index >= 15 is 4.39 Å². The number of amides is 1. The molecule has 1 aliphatic rings. The van der Waals surface area contributed by atoms with Crippen LogP contribution in [0.1, 0.15) is 57.3 Å². The summed E-state index contributed by atoms with van der Waals surface area (Å²) in [5.41, 5.74) is -0.266. The second-order valence-electron chi connectivity index (χ2n) is 11.2. The number of aromatic nitrogens is 3. The summed E-state index contributed by atoms with van der Waals surface area (Å²) in [6, 6.07) is 7.49. The molecule has 0 bridgehead atoms. The smallest absolute Gasteiger partial charge is 0.347 e. The van der Waals surface area contributed by atoms with Crippen LogP contribution in [0, 0.1) is 12.7 Å². The predicted octanol–water partition coefficient (Wildman–Crippen LogP) is 7.22. The Morgan fingerprint density at radius 1 is 1.23 bits per heavy atom. The predicted molar refractivity (Wildman–Crippen MR) is 173 cm³/mol. The quantitative estimate of drug-likeness (QED) is 0.212. The summed E-state index contributed by atoms with van der Waals surface area (Å²) in [5, 5.41) is 0.359. The first-order valence-corrected chi connectivity index (χ1v) is 14.4. The molecule has 2 atom stereocenters. The summed E-state index contributed by atoms with van der Waals surface area (Å²) < 4.78 is 71.0. The number of benzene rings is 2. The zero-order chi connectivity index (χ0) is 36.1. The molecular weight excluding hydrogens is 584 g/mol. The zero-order valence-corrected chi connectivity index (χ0v) is 25.4. The summed E-state index contributed by atoms with van der Waals surface area (Å²) in [6.45, 7) is 7.22. The number of aryl methyl sites for hydroxylation is 1. The van der Waals surface area contributed by atoms with Gasteiger partial charge in [0.2, 0.25) is 0 Å². The van der Waals surface area contributed by atoms with Crippen molar-refractivity contribution in [1.29, 1.82) is 0 Å². The number of fused-ring (bicyclic) bond motifs is 1. The highest BCUT2D eigenvalue weighted by Crippen LogP contribution is 2.40. The van der Waals surface area contributed by atoms with Crippen molar-refractivity contribution in [3.63, 3.8) is 0 Å². The van der Waals surface area contributed by atoms with E-state index in [2.05, 4.69) is 16.5 Å². The summed E-state index contributed by atoms with van der Waals surface area (Å²) in [6.07, 6.45) is 2.52. The minimum Gasteiger partial charge on any atom is -0.347 e. The van der Waals surface area contributed by atoms with Crippen LogP contribution in [-0.2, 0) is 4.79 Å². The Morgan fingerprint density at radius 3 is 2.59 bits per heavy atom. The van der Waals surface area contributed by atoms with Gasteiger partial charge in [-0.3, -0.25) is 14.3 Å². The van der Waals surface area contributed by atoms with Crippen molar-refractivity contribution in [1.82, 2.24) is 19.4 Å². The molecule has 0 spiro atoms. The lowest BCUT2D eigenvalue weighted by Gasteiger charge is -2.45. The molecule has 0 radical (unpaired) electrons. The van der Waals surface area contributed by atoms with Gasteiger partial charge in [0.25, 0.3) is 5.91 Å². The van der Waals surface area contributed by atoms with Gasteiger partial charge in [-0.2, -0.15) is 4.98 Å². The minimum atomic E-state index is -2.67. The van der Waals surface area contributed by atoms with Gasteiger partial charge in [-0.25, -0.2) is 13.6 Å². The van der Waals surface area contributed by atoms with Crippen molar-refractivity contribution in [3.05, 3.63) is 99.7 Å². The fourth-order valence-electron chi connectivity index (χ4n) is 5.98. The molecule has 4 aromatic rings. The standard InChI is InChI=1S/C34H34ClF2N5O2/c1-8-23-10-9-11-27(37)29(23)24-15-28-25(14-26(24)35)32(41-20(5)16-40(17-21(41)6)33(43)22(7)36)39-34(44)42(28)31-19(4)12-13-38-30(31)18(2)3/h8-15,18,20-21H,1,7,16-17H2,2-6H3/t20-,21-/m0/s1/i1D2,4D3. The molecule has 0 unspecified atom stereocenters. The largest absolute Gasteiger partial charge is 0.354 e. The van der Waals surface area contributed by atoms with Crippen molar-refractivity contribution < 1.29 is 20.4 Å². The van der Waals surface area contributed by atoms with E-state index in [1.807, 2.05) is 4.90 Å². The van der Waals surface area contributed by atoms with Crippen LogP contribution in [0.25, 0.3) is 33.8 Å². The lowest BCUT2D eigenvalue weighted by atomic mass is 9.97. The van der Waals surface area contributed by atoms with Gasteiger partial charge in [0.05, 0.1) is 19.6 Å². The van der Waals surface area contributed by atoms with Crippen LogP contribution in [0.2, 0.25) is 5.02 Å². The molecule has 5 rings (SSSR count). The number of carbonyl (C=O) groups is 1. The number of nitrogens with zero attached hydrogens (tertiary/aromatic N) is 5. The maximum atomic E-state index is 15.6. The summed E-state index contributed by atoms with van der Waals surface area (Å²) in [5.74, 6) is -2.80. The van der Waals surface area contributed by atoms with Crippen LogP contribution < -0.4 is 10.6 Å². The Morgan fingerprint density at radius 2 is 1.95 bits per heavy atom. The first-order chi connectivity index (χ1) is 22.9. The average Bonchev–Trinajstić information content (AvgIpc) is 2.99. The maximum absolute atomic E-state index is 15.6. The summed E-state index contributed by atoms with van der Waals surface area (Å²) in [7, 11) is 0. The van der Waals surface area contributed by atoms with E-state index in [4.69, 9.17) is 18.5 Å². The summed E-state index contributed by atoms with van der Waals surface area (Å²) >= 11 is 6.90. The molecular formula is C34H34ClF2N5O2. The Kier molecular flexibility index (Phi) is 6.80. The van der Waals surface area contributed by atoms with Crippen LogP contribution in [0.3, 0.4) is 0 Å². The number of hydrogen-bond donors (Lipinski definition) is 0. The highest BCUT2D eigenvalue weighted by molar-refractivity contribution is 6.34. The Labute approximate surface area is 267 Å². The molecule has 1 saturated heterocycles. The molecule has 0 N–H and O–H groups in total. The second kappa shape index (κ2) is 12.0. The maximum Gasteiger partial charge on any atom is 0.354 e. The number of anilines is 1. The first-order valence-electron chi connectivity index (χ1n) is 16.5. The zero-order valence-electron chi connectivity index (χ0n) is 29.7. The average molecular weight is 623 g/mol. The van der Waals surface area contributed by atoms with Gasteiger partial charge >= 0.3 is 5.69 Å². The van der Waals surface area contributed by atoms with Gasteiger partial charge < -0.3 is 9.80 Å². The van der Waals surface area contributed by atoms with Gasteiger partial charge in [0, 0.05) is 57.0 Å². The van der Waals surface area contributed by atoms with Gasteiger partial charge in [-0.05, 0) is 62.0 Å². The summed E-state index contributed by atoms with van der Waals surface area (Å²) in [4.78, 5) is 38.9. The molecule has 1 aliphatic heterocycles. The SMILES string of the molecule is [2H]C([2H])=Cc1cccc(F)c1-c1cc2c(cc1Cl)c(N1[C@@H](C)CN(C(=O)C(=C)F)C[C@@H]1C)nc(=O)n2-c1c(C([2H])([2H])[2H])ccnc1C(C)C. The van der Waals surface area contributed by atoms with Crippen LogP contribution in [-0.4, -0.2) is 50.5 Å². The fraction of sp³-hybridized carbons (Fsp3) is 0.294. The Hall–Kier alpha value is -4.37. The third-order valence-electron chi connectivity index (χ3n) is 7.84. The van der Waals surface area contributed by atoms with E-state index in [9.17, 15) is 14.0 Å². The Bertz CT molecular complexity index is 2070. The van der Waals surface area contributed by atoms with Crippen molar-refractivity contribution in [2.45, 2.75) is 52.5 Å². The molecule has 0 aliphatic carbocycles. The van der Waals surface area contributed by atoms with E-state index in [0.717, 1.165) is 10.6 Å². The molecule has 0 saturated carbocycles. The van der Waals surface area contributed by atoms with Crippen LogP contribution in [0.15, 0.2) is 66.3 Å². The number of pyridine rings is 1. The highest BCUT2D eigenvalue weighted by Gasteiger charge is 2.35.